The van der Waals surface area contributed by atoms with Gasteiger partial charge in [0.1, 0.15) is 17.7 Å². The van der Waals surface area contributed by atoms with E-state index < -0.39 is 0 Å². The van der Waals surface area contributed by atoms with Crippen molar-refractivity contribution in [2.75, 3.05) is 11.9 Å². The fraction of sp³-hybridized carbons (Fsp3) is 0.267. The van der Waals surface area contributed by atoms with Gasteiger partial charge >= 0.3 is 0 Å². The Morgan fingerprint density at radius 2 is 2.00 bits per heavy atom. The number of ether oxygens (including phenoxy) is 1. The number of rotatable bonds is 5. The molecule has 1 heterocycles. The van der Waals surface area contributed by atoms with Gasteiger partial charge in [-0.3, -0.25) is 4.98 Å². The molecule has 1 aromatic carbocycles. The molecule has 1 aromatic heterocycles. The number of nitrogens with zero attached hydrogens (tertiary/aromatic N) is 1. The van der Waals surface area contributed by atoms with Crippen LogP contribution in [-0.4, -0.2) is 17.6 Å². The first kappa shape index (κ1) is 13.3. The maximum absolute atomic E-state index is 12.8. The number of anilines is 1. The van der Waals surface area contributed by atoms with Crippen molar-refractivity contribution in [2.24, 2.45) is 0 Å². The van der Waals surface area contributed by atoms with Crippen molar-refractivity contribution in [1.82, 2.24) is 4.98 Å². The lowest BCUT2D eigenvalue weighted by Crippen LogP contribution is -2.22. The molecule has 0 saturated heterocycles. The van der Waals surface area contributed by atoms with Gasteiger partial charge < -0.3 is 10.1 Å². The highest BCUT2D eigenvalue weighted by Gasteiger charge is 2.04. The number of halogens is 1. The summed E-state index contributed by atoms with van der Waals surface area (Å²) in [5.74, 6) is 0.409. The third kappa shape index (κ3) is 4.25. The Morgan fingerprint density at radius 3 is 2.68 bits per heavy atom. The Hall–Kier alpha value is -2.10. The first-order valence-corrected chi connectivity index (χ1v) is 6.22. The molecule has 2 aromatic rings. The quantitative estimate of drug-likeness (QED) is 0.894. The van der Waals surface area contributed by atoms with E-state index in [-0.39, 0.29) is 11.9 Å². The van der Waals surface area contributed by atoms with Gasteiger partial charge in [-0.15, -0.1) is 0 Å². The molecule has 1 N–H and O–H groups in total. The van der Waals surface area contributed by atoms with E-state index in [4.69, 9.17) is 4.74 Å². The Kier molecular flexibility index (Phi) is 4.34. The summed E-state index contributed by atoms with van der Waals surface area (Å²) in [5, 5.41) is 3.28. The normalized spacial score (nSPS) is 11.9. The molecule has 0 amide bonds. The number of pyridine rings is 1. The highest BCUT2D eigenvalue weighted by Crippen LogP contribution is 2.13. The van der Waals surface area contributed by atoms with Crippen molar-refractivity contribution in [2.45, 2.75) is 20.0 Å². The molecule has 1 atom stereocenters. The van der Waals surface area contributed by atoms with Crippen molar-refractivity contribution in [3.05, 3.63) is 54.1 Å². The molecule has 4 heteroatoms. The van der Waals surface area contributed by atoms with Gasteiger partial charge in [0.2, 0.25) is 0 Å². The van der Waals surface area contributed by atoms with E-state index in [1.54, 1.807) is 18.3 Å². The van der Waals surface area contributed by atoms with Crippen molar-refractivity contribution in [3.8, 4) is 5.75 Å². The zero-order chi connectivity index (χ0) is 13.7. The number of aromatic nitrogens is 1. The molecule has 0 aliphatic carbocycles. The minimum Gasteiger partial charge on any atom is -0.489 e. The molecule has 0 aliphatic rings. The lowest BCUT2D eigenvalue weighted by atomic mass is 10.3. The smallest absolute Gasteiger partial charge is 0.123 e. The summed E-state index contributed by atoms with van der Waals surface area (Å²) in [7, 11) is 0. The van der Waals surface area contributed by atoms with Crippen LogP contribution in [0.4, 0.5) is 10.1 Å². The van der Waals surface area contributed by atoms with Crippen molar-refractivity contribution in [1.29, 1.82) is 0 Å². The molecule has 0 bridgehead atoms. The average molecular weight is 260 g/mol. The van der Waals surface area contributed by atoms with E-state index in [0.717, 1.165) is 11.4 Å². The summed E-state index contributed by atoms with van der Waals surface area (Å²) in [6.07, 6.45) is 1.75. The molecule has 1 unspecified atom stereocenters. The van der Waals surface area contributed by atoms with E-state index in [1.807, 2.05) is 26.0 Å². The van der Waals surface area contributed by atoms with E-state index in [0.29, 0.717) is 12.3 Å². The van der Waals surface area contributed by atoms with E-state index in [2.05, 4.69) is 10.3 Å². The topological polar surface area (TPSA) is 34.1 Å². The fourth-order valence-electron chi connectivity index (χ4n) is 1.70. The second-order valence-corrected chi connectivity index (χ2v) is 4.45. The maximum Gasteiger partial charge on any atom is 0.123 e. The number of nitrogens with one attached hydrogen (secondary N) is 1. The van der Waals surface area contributed by atoms with Crippen LogP contribution in [0, 0.1) is 12.7 Å². The van der Waals surface area contributed by atoms with Gasteiger partial charge in [0, 0.05) is 17.6 Å². The summed E-state index contributed by atoms with van der Waals surface area (Å²) < 4.78 is 18.4. The predicted molar refractivity (Wildman–Crippen MR) is 74.0 cm³/mol. The molecule has 2 rings (SSSR count). The van der Waals surface area contributed by atoms with Crippen molar-refractivity contribution in [3.63, 3.8) is 0 Å². The SMILES string of the molecule is Cc1cc(NCC(C)Oc2ccc(F)cc2)ccn1. The Morgan fingerprint density at radius 1 is 1.26 bits per heavy atom. The van der Waals surface area contributed by atoms with Gasteiger partial charge in [0.05, 0.1) is 6.54 Å². The van der Waals surface area contributed by atoms with Gasteiger partial charge in [0.15, 0.2) is 0 Å². The zero-order valence-electron chi connectivity index (χ0n) is 11.1. The van der Waals surface area contributed by atoms with Crippen LogP contribution in [0.5, 0.6) is 5.75 Å². The molecule has 3 nitrogen and oxygen atoms in total. The van der Waals surface area contributed by atoms with Gasteiger partial charge in [-0.05, 0) is 50.2 Å². The van der Waals surface area contributed by atoms with Gasteiger partial charge in [-0.2, -0.15) is 0 Å². The van der Waals surface area contributed by atoms with Crippen LogP contribution >= 0.6 is 0 Å². The number of aryl methyl sites for hydroxylation is 1. The third-order valence-corrected chi connectivity index (χ3v) is 2.64. The zero-order valence-corrected chi connectivity index (χ0v) is 11.1. The van der Waals surface area contributed by atoms with Crippen LogP contribution in [0.3, 0.4) is 0 Å². The Labute approximate surface area is 112 Å². The molecular formula is C15H17FN2O. The second-order valence-electron chi connectivity index (χ2n) is 4.45. The number of hydrogen-bond acceptors (Lipinski definition) is 3. The summed E-state index contributed by atoms with van der Waals surface area (Å²) in [6, 6.07) is 9.93. The van der Waals surface area contributed by atoms with Crippen LogP contribution in [-0.2, 0) is 0 Å². The lowest BCUT2D eigenvalue weighted by Gasteiger charge is -2.16. The minimum absolute atomic E-state index is 0.0149. The Balaban J connectivity index is 1.84. The summed E-state index contributed by atoms with van der Waals surface area (Å²) in [5.41, 5.74) is 1.99. The molecular weight excluding hydrogens is 243 g/mol. The number of hydrogen-bond donors (Lipinski definition) is 1. The molecule has 0 fully saturated rings. The number of benzene rings is 1. The molecule has 0 aliphatic heterocycles. The van der Waals surface area contributed by atoms with Crippen LogP contribution in [0.15, 0.2) is 42.6 Å². The Bertz CT molecular complexity index is 528. The largest absolute Gasteiger partial charge is 0.489 e. The average Bonchev–Trinajstić information content (AvgIpc) is 2.39. The first-order chi connectivity index (χ1) is 9.13. The van der Waals surface area contributed by atoms with Crippen LogP contribution in [0.1, 0.15) is 12.6 Å². The van der Waals surface area contributed by atoms with Gasteiger partial charge in [0.25, 0.3) is 0 Å². The summed E-state index contributed by atoms with van der Waals surface area (Å²) in [6.45, 7) is 4.58. The fourth-order valence-corrected chi connectivity index (χ4v) is 1.70. The highest BCUT2D eigenvalue weighted by molar-refractivity contribution is 5.43. The van der Waals surface area contributed by atoms with E-state index in [9.17, 15) is 4.39 Å². The van der Waals surface area contributed by atoms with Crippen LogP contribution < -0.4 is 10.1 Å². The minimum atomic E-state index is -0.259. The van der Waals surface area contributed by atoms with Crippen molar-refractivity contribution >= 4 is 5.69 Å². The van der Waals surface area contributed by atoms with Gasteiger partial charge in [-0.25, -0.2) is 4.39 Å². The second kappa shape index (κ2) is 6.18. The molecule has 0 radical (unpaired) electrons. The van der Waals surface area contributed by atoms with Crippen molar-refractivity contribution < 1.29 is 9.13 Å². The molecule has 0 saturated carbocycles. The monoisotopic (exact) mass is 260 g/mol. The van der Waals surface area contributed by atoms with Crippen LogP contribution in [0.2, 0.25) is 0 Å². The molecule has 100 valence electrons. The molecule has 0 spiro atoms. The summed E-state index contributed by atoms with van der Waals surface area (Å²) in [4.78, 5) is 4.14. The first-order valence-electron chi connectivity index (χ1n) is 6.22. The summed E-state index contributed by atoms with van der Waals surface area (Å²) >= 11 is 0. The van der Waals surface area contributed by atoms with E-state index >= 15 is 0 Å². The predicted octanol–water partition coefficient (Wildman–Crippen LogP) is 3.41. The van der Waals surface area contributed by atoms with Gasteiger partial charge in [-0.1, -0.05) is 0 Å². The standard InChI is InChI=1S/C15H17FN2O/c1-11-9-14(7-8-17-11)18-10-12(2)19-15-5-3-13(16)4-6-15/h3-9,12H,10H2,1-2H3,(H,17,18). The maximum atomic E-state index is 12.8. The third-order valence-electron chi connectivity index (χ3n) is 2.64. The lowest BCUT2D eigenvalue weighted by molar-refractivity contribution is 0.234. The van der Waals surface area contributed by atoms with Crippen LogP contribution in [0.25, 0.3) is 0 Å². The highest BCUT2D eigenvalue weighted by atomic mass is 19.1. The van der Waals surface area contributed by atoms with E-state index in [1.165, 1.54) is 12.1 Å². The molecule has 19 heavy (non-hydrogen) atoms.